The number of likely N-dealkylation sites (tertiary alicyclic amines) is 2. The summed E-state index contributed by atoms with van der Waals surface area (Å²) in [6.45, 7) is 5.58. The summed E-state index contributed by atoms with van der Waals surface area (Å²) in [7, 11) is 6.61. The Hall–Kier alpha value is -0.160. The molecule has 4 heteroatoms. The third kappa shape index (κ3) is 2.65. The molecule has 2 N–H and O–H groups in total. The van der Waals surface area contributed by atoms with Gasteiger partial charge in [-0.2, -0.15) is 0 Å². The van der Waals surface area contributed by atoms with Crippen molar-refractivity contribution in [3.05, 3.63) is 0 Å². The molecular weight excluding hydrogens is 212 g/mol. The Morgan fingerprint density at radius 3 is 2.65 bits per heavy atom. The van der Waals surface area contributed by atoms with Crippen molar-refractivity contribution in [2.45, 2.75) is 30.8 Å². The van der Waals surface area contributed by atoms with E-state index in [1.165, 1.54) is 38.9 Å². The van der Waals surface area contributed by atoms with Crippen LogP contribution in [-0.2, 0) is 0 Å². The molecule has 0 aromatic carbocycles. The minimum absolute atomic E-state index is 0.248. The van der Waals surface area contributed by atoms with Crippen LogP contribution in [0.25, 0.3) is 0 Å². The Kier molecular flexibility index (Phi) is 4.08. The standard InChI is InChI=1S/C13H28N4/c1-15(2)12-5-8-17(9-12)13(10-14)6-4-7-16(3)11-13/h12H,4-11,14H2,1-3H3. The van der Waals surface area contributed by atoms with Gasteiger partial charge in [-0.25, -0.2) is 0 Å². The van der Waals surface area contributed by atoms with Crippen LogP contribution in [0.15, 0.2) is 0 Å². The van der Waals surface area contributed by atoms with Gasteiger partial charge >= 0.3 is 0 Å². The molecule has 2 atom stereocenters. The van der Waals surface area contributed by atoms with Crippen molar-refractivity contribution in [2.24, 2.45) is 5.73 Å². The van der Waals surface area contributed by atoms with Gasteiger partial charge < -0.3 is 15.5 Å². The quantitative estimate of drug-likeness (QED) is 0.756. The van der Waals surface area contributed by atoms with E-state index in [1.54, 1.807) is 0 Å². The van der Waals surface area contributed by atoms with Crippen molar-refractivity contribution in [3.8, 4) is 0 Å². The summed E-state index contributed by atoms with van der Waals surface area (Å²) in [5.74, 6) is 0. The van der Waals surface area contributed by atoms with E-state index in [-0.39, 0.29) is 5.54 Å². The molecule has 100 valence electrons. The zero-order valence-corrected chi connectivity index (χ0v) is 11.7. The number of rotatable bonds is 3. The molecule has 0 spiro atoms. The second-order valence-corrected chi connectivity index (χ2v) is 6.12. The highest BCUT2D eigenvalue weighted by molar-refractivity contribution is 5.00. The lowest BCUT2D eigenvalue weighted by Crippen LogP contribution is -2.61. The Bertz CT molecular complexity index is 256. The van der Waals surface area contributed by atoms with Gasteiger partial charge in [0.1, 0.15) is 0 Å². The van der Waals surface area contributed by atoms with Gasteiger partial charge in [0.25, 0.3) is 0 Å². The summed E-state index contributed by atoms with van der Waals surface area (Å²) >= 11 is 0. The lowest BCUT2D eigenvalue weighted by molar-refractivity contribution is 0.0391. The van der Waals surface area contributed by atoms with Crippen LogP contribution in [0.1, 0.15) is 19.3 Å². The maximum atomic E-state index is 6.12. The van der Waals surface area contributed by atoms with Crippen LogP contribution < -0.4 is 5.73 Å². The molecule has 0 bridgehead atoms. The first kappa shape index (κ1) is 13.3. The normalized spacial score (nSPS) is 36.9. The minimum atomic E-state index is 0.248. The first-order valence-electron chi connectivity index (χ1n) is 6.87. The van der Waals surface area contributed by atoms with E-state index in [2.05, 4.69) is 35.8 Å². The molecule has 0 saturated carbocycles. The molecule has 2 aliphatic heterocycles. The second kappa shape index (κ2) is 5.22. The van der Waals surface area contributed by atoms with Gasteiger partial charge in [0.2, 0.25) is 0 Å². The zero-order chi connectivity index (χ0) is 12.5. The molecule has 0 amide bonds. The predicted molar refractivity (Wildman–Crippen MR) is 72.2 cm³/mol. The number of likely N-dealkylation sites (N-methyl/N-ethyl adjacent to an activating group) is 2. The molecule has 2 aliphatic rings. The smallest absolute Gasteiger partial charge is 0.0459 e. The molecule has 0 aliphatic carbocycles. The van der Waals surface area contributed by atoms with Crippen molar-refractivity contribution in [3.63, 3.8) is 0 Å². The van der Waals surface area contributed by atoms with Crippen LogP contribution in [0.4, 0.5) is 0 Å². The zero-order valence-electron chi connectivity index (χ0n) is 11.7. The summed E-state index contributed by atoms with van der Waals surface area (Å²) in [4.78, 5) is 7.46. The monoisotopic (exact) mass is 240 g/mol. The van der Waals surface area contributed by atoms with Crippen molar-refractivity contribution in [1.82, 2.24) is 14.7 Å². The summed E-state index contributed by atoms with van der Waals surface area (Å²) in [5, 5.41) is 0. The third-order valence-electron chi connectivity index (χ3n) is 4.69. The molecule has 2 heterocycles. The van der Waals surface area contributed by atoms with E-state index in [4.69, 9.17) is 5.73 Å². The Labute approximate surface area is 106 Å². The maximum absolute atomic E-state index is 6.12. The van der Waals surface area contributed by atoms with Crippen molar-refractivity contribution < 1.29 is 0 Å². The number of hydrogen-bond donors (Lipinski definition) is 1. The Morgan fingerprint density at radius 1 is 1.35 bits per heavy atom. The fourth-order valence-corrected chi connectivity index (χ4v) is 3.49. The summed E-state index contributed by atoms with van der Waals surface area (Å²) in [5.41, 5.74) is 6.37. The molecule has 2 fully saturated rings. The molecule has 17 heavy (non-hydrogen) atoms. The number of nitrogens with zero attached hydrogens (tertiary/aromatic N) is 3. The number of hydrogen-bond acceptors (Lipinski definition) is 4. The van der Waals surface area contributed by atoms with Crippen LogP contribution in [0, 0.1) is 0 Å². The van der Waals surface area contributed by atoms with E-state index >= 15 is 0 Å². The fraction of sp³-hybridized carbons (Fsp3) is 1.00. The largest absolute Gasteiger partial charge is 0.329 e. The van der Waals surface area contributed by atoms with Crippen molar-refractivity contribution >= 4 is 0 Å². The molecule has 2 saturated heterocycles. The average Bonchev–Trinajstić information content (AvgIpc) is 2.78. The van der Waals surface area contributed by atoms with Crippen molar-refractivity contribution in [1.29, 1.82) is 0 Å². The molecule has 0 aromatic rings. The van der Waals surface area contributed by atoms with Gasteiger partial charge in [0.15, 0.2) is 0 Å². The molecule has 0 radical (unpaired) electrons. The highest BCUT2D eigenvalue weighted by Crippen LogP contribution is 2.30. The maximum Gasteiger partial charge on any atom is 0.0459 e. The van der Waals surface area contributed by atoms with E-state index in [0.717, 1.165) is 13.1 Å². The first-order valence-corrected chi connectivity index (χ1v) is 6.87. The van der Waals surface area contributed by atoms with Gasteiger partial charge in [-0.15, -0.1) is 0 Å². The Balaban J connectivity index is 2.03. The number of nitrogens with two attached hydrogens (primary N) is 1. The summed E-state index contributed by atoms with van der Waals surface area (Å²) < 4.78 is 0. The fourth-order valence-electron chi connectivity index (χ4n) is 3.49. The van der Waals surface area contributed by atoms with Crippen LogP contribution in [0.2, 0.25) is 0 Å². The van der Waals surface area contributed by atoms with Crippen LogP contribution in [0.5, 0.6) is 0 Å². The molecule has 0 aromatic heterocycles. The van der Waals surface area contributed by atoms with Gasteiger partial charge in [-0.1, -0.05) is 0 Å². The molecule has 4 nitrogen and oxygen atoms in total. The lowest BCUT2D eigenvalue weighted by Gasteiger charge is -2.47. The summed E-state index contributed by atoms with van der Waals surface area (Å²) in [6.07, 6.45) is 3.85. The third-order valence-corrected chi connectivity index (χ3v) is 4.69. The van der Waals surface area contributed by atoms with Crippen molar-refractivity contribution in [2.75, 3.05) is 53.9 Å². The van der Waals surface area contributed by atoms with Gasteiger partial charge in [0, 0.05) is 37.8 Å². The van der Waals surface area contributed by atoms with Crippen LogP contribution in [-0.4, -0.2) is 80.1 Å². The highest BCUT2D eigenvalue weighted by atomic mass is 15.3. The average molecular weight is 240 g/mol. The van der Waals surface area contributed by atoms with Crippen LogP contribution in [0.3, 0.4) is 0 Å². The lowest BCUT2D eigenvalue weighted by atomic mass is 9.87. The topological polar surface area (TPSA) is 35.7 Å². The van der Waals surface area contributed by atoms with E-state index < -0.39 is 0 Å². The highest BCUT2D eigenvalue weighted by Gasteiger charge is 2.42. The van der Waals surface area contributed by atoms with E-state index in [1.807, 2.05) is 0 Å². The van der Waals surface area contributed by atoms with Crippen LogP contribution >= 0.6 is 0 Å². The molecule has 2 rings (SSSR count). The first-order chi connectivity index (χ1) is 8.07. The Morgan fingerprint density at radius 2 is 2.12 bits per heavy atom. The molecule has 2 unspecified atom stereocenters. The van der Waals surface area contributed by atoms with Gasteiger partial charge in [-0.3, -0.25) is 4.90 Å². The SMILES string of the molecule is CN1CCCC(CN)(N2CCC(N(C)C)C2)C1. The van der Waals surface area contributed by atoms with E-state index in [0.29, 0.717) is 6.04 Å². The van der Waals surface area contributed by atoms with E-state index in [9.17, 15) is 0 Å². The molecular formula is C13H28N4. The predicted octanol–water partition coefficient (Wildman–Crippen LogP) is 0.0454. The van der Waals surface area contributed by atoms with Gasteiger partial charge in [-0.05, 0) is 47.0 Å². The second-order valence-electron chi connectivity index (χ2n) is 6.12. The van der Waals surface area contributed by atoms with Gasteiger partial charge in [0.05, 0.1) is 0 Å². The number of piperidine rings is 1. The summed E-state index contributed by atoms with van der Waals surface area (Å²) in [6, 6.07) is 0.714. The minimum Gasteiger partial charge on any atom is -0.329 e.